The van der Waals surface area contributed by atoms with Crippen LogP contribution in [-0.2, 0) is 6.61 Å². The first-order valence-electron chi connectivity index (χ1n) is 9.90. The molecule has 0 aliphatic carbocycles. The van der Waals surface area contributed by atoms with Gasteiger partial charge in [-0.3, -0.25) is 10.1 Å². The number of hydrogen-bond donors (Lipinski definition) is 0. The summed E-state index contributed by atoms with van der Waals surface area (Å²) in [6.07, 6.45) is 1.71. The molecule has 164 valence electrons. The Hall–Kier alpha value is -4.14. The second-order valence-corrected chi connectivity index (χ2v) is 7.69. The molecule has 0 N–H and O–H groups in total. The number of allylic oxidation sites excluding steroid dienone is 1. The highest BCUT2D eigenvalue weighted by Gasteiger charge is 2.14. The molecule has 0 saturated carbocycles. The van der Waals surface area contributed by atoms with E-state index in [-0.39, 0.29) is 12.3 Å². The number of hydrogen-bond acceptors (Lipinski definition) is 6. The molecule has 0 radical (unpaired) electrons. The van der Waals surface area contributed by atoms with Crippen molar-refractivity contribution in [1.82, 2.24) is 0 Å². The number of rotatable bonds is 8. The van der Waals surface area contributed by atoms with Gasteiger partial charge in [-0.05, 0) is 82.0 Å². The van der Waals surface area contributed by atoms with E-state index in [0.29, 0.717) is 44.8 Å². The van der Waals surface area contributed by atoms with Crippen LogP contribution < -0.4 is 9.47 Å². The monoisotopic (exact) mass is 503 g/mol. The van der Waals surface area contributed by atoms with Crippen molar-refractivity contribution in [3.8, 4) is 23.6 Å². The average molecular weight is 504 g/mol. The van der Waals surface area contributed by atoms with Gasteiger partial charge in [0.15, 0.2) is 11.5 Å². The molecule has 0 amide bonds. The summed E-state index contributed by atoms with van der Waals surface area (Å²) >= 11 is 3.51. The quantitative estimate of drug-likeness (QED) is 0.155. The van der Waals surface area contributed by atoms with Crippen LogP contribution >= 0.6 is 15.9 Å². The maximum atomic E-state index is 10.8. The number of halogens is 1. The van der Waals surface area contributed by atoms with Gasteiger partial charge in [0.2, 0.25) is 0 Å². The fourth-order valence-electron chi connectivity index (χ4n) is 3.05. The number of non-ortho nitro benzene ring substituents is 1. The van der Waals surface area contributed by atoms with Crippen molar-refractivity contribution in [2.24, 2.45) is 0 Å². The van der Waals surface area contributed by atoms with Crippen molar-refractivity contribution in [3.05, 3.63) is 97.5 Å². The highest BCUT2D eigenvalue weighted by Crippen LogP contribution is 2.38. The third kappa shape index (κ3) is 5.97. The van der Waals surface area contributed by atoms with E-state index in [9.17, 15) is 15.4 Å². The van der Waals surface area contributed by atoms with Crippen molar-refractivity contribution in [3.63, 3.8) is 0 Å². The molecular formula is C25H18BrN3O4. The summed E-state index contributed by atoms with van der Waals surface area (Å²) in [5.74, 6) is 0.973. The Morgan fingerprint density at radius 3 is 2.52 bits per heavy atom. The lowest BCUT2D eigenvalue weighted by molar-refractivity contribution is -0.384. The van der Waals surface area contributed by atoms with E-state index in [0.717, 1.165) is 5.56 Å². The summed E-state index contributed by atoms with van der Waals surface area (Å²) in [6, 6.07) is 20.8. The summed E-state index contributed by atoms with van der Waals surface area (Å²) in [4.78, 5) is 10.4. The van der Waals surface area contributed by atoms with Crippen LogP contribution in [0.15, 0.2) is 65.1 Å². The molecule has 0 aliphatic heterocycles. The standard InChI is InChI=1S/C25H18BrN3O4/c1-2-32-24-13-19(11-21(15-28)20-5-3-4-18(10-20)14-27)12-23(26)25(24)33-16-17-6-8-22(9-7-17)29(30)31/h3-13H,2,16H2,1H3/b21-11-. The molecular weight excluding hydrogens is 486 g/mol. The molecule has 8 heteroatoms. The van der Waals surface area contributed by atoms with E-state index in [1.807, 2.05) is 6.92 Å². The lowest BCUT2D eigenvalue weighted by atomic mass is 10.0. The molecule has 0 saturated heterocycles. The Morgan fingerprint density at radius 2 is 1.88 bits per heavy atom. The van der Waals surface area contributed by atoms with Crippen molar-refractivity contribution < 1.29 is 14.4 Å². The summed E-state index contributed by atoms with van der Waals surface area (Å²) in [5.41, 5.74) is 3.01. The largest absolute Gasteiger partial charge is 0.490 e. The first kappa shape index (κ1) is 23.5. The van der Waals surface area contributed by atoms with Gasteiger partial charge in [0.25, 0.3) is 5.69 Å². The lowest BCUT2D eigenvalue weighted by Crippen LogP contribution is -2.01. The van der Waals surface area contributed by atoms with Gasteiger partial charge in [-0.15, -0.1) is 0 Å². The molecule has 0 unspecified atom stereocenters. The number of benzene rings is 3. The van der Waals surface area contributed by atoms with Gasteiger partial charge in [0.1, 0.15) is 6.61 Å². The second-order valence-electron chi connectivity index (χ2n) is 6.84. The Morgan fingerprint density at radius 1 is 1.12 bits per heavy atom. The zero-order chi connectivity index (χ0) is 23.8. The SMILES string of the molecule is CCOc1cc(/C=C(/C#N)c2cccc(C#N)c2)cc(Br)c1OCc1ccc([N+](=O)[O-])cc1. The Kier molecular flexibility index (Phi) is 7.80. The van der Waals surface area contributed by atoms with E-state index >= 15 is 0 Å². The minimum atomic E-state index is -0.452. The summed E-state index contributed by atoms with van der Waals surface area (Å²) < 4.78 is 12.3. The minimum absolute atomic E-state index is 0.0136. The second kappa shape index (κ2) is 10.9. The van der Waals surface area contributed by atoms with Crippen LogP contribution in [0.4, 0.5) is 5.69 Å². The van der Waals surface area contributed by atoms with Crippen LogP contribution in [0.2, 0.25) is 0 Å². The number of nitriles is 2. The molecule has 3 rings (SSSR count). The van der Waals surface area contributed by atoms with Crippen LogP contribution in [0.25, 0.3) is 11.6 Å². The highest BCUT2D eigenvalue weighted by molar-refractivity contribution is 9.10. The fraction of sp³-hybridized carbons (Fsp3) is 0.120. The van der Waals surface area contributed by atoms with Gasteiger partial charge in [-0.25, -0.2) is 0 Å². The van der Waals surface area contributed by atoms with Gasteiger partial charge < -0.3 is 9.47 Å². The average Bonchev–Trinajstić information content (AvgIpc) is 2.82. The molecule has 0 atom stereocenters. The predicted octanol–water partition coefficient (Wildman–Crippen LogP) is 6.27. The molecule has 0 aliphatic rings. The maximum Gasteiger partial charge on any atom is 0.269 e. The van der Waals surface area contributed by atoms with Crippen LogP contribution in [-0.4, -0.2) is 11.5 Å². The van der Waals surface area contributed by atoms with E-state index in [4.69, 9.17) is 14.7 Å². The van der Waals surface area contributed by atoms with Crippen LogP contribution in [0.1, 0.15) is 29.2 Å². The highest BCUT2D eigenvalue weighted by atomic mass is 79.9. The number of nitro benzene ring substituents is 1. The molecule has 0 fully saturated rings. The van der Waals surface area contributed by atoms with Gasteiger partial charge in [-0.2, -0.15) is 10.5 Å². The normalized spacial score (nSPS) is 10.7. The summed E-state index contributed by atoms with van der Waals surface area (Å²) in [7, 11) is 0. The first-order chi connectivity index (χ1) is 15.9. The summed E-state index contributed by atoms with van der Waals surface area (Å²) in [5, 5.41) is 29.6. The molecule has 7 nitrogen and oxygen atoms in total. The van der Waals surface area contributed by atoms with Gasteiger partial charge in [0, 0.05) is 12.1 Å². The smallest absolute Gasteiger partial charge is 0.269 e. The zero-order valence-electron chi connectivity index (χ0n) is 17.6. The van der Waals surface area contributed by atoms with Gasteiger partial charge in [-0.1, -0.05) is 12.1 Å². The van der Waals surface area contributed by atoms with Crippen molar-refractivity contribution in [2.75, 3.05) is 6.61 Å². The van der Waals surface area contributed by atoms with E-state index < -0.39 is 4.92 Å². The Labute approximate surface area is 199 Å². The van der Waals surface area contributed by atoms with E-state index in [1.165, 1.54) is 12.1 Å². The van der Waals surface area contributed by atoms with E-state index in [2.05, 4.69) is 28.1 Å². The Balaban J connectivity index is 1.90. The number of nitrogens with zero attached hydrogens (tertiary/aromatic N) is 3. The topological polar surface area (TPSA) is 109 Å². The van der Waals surface area contributed by atoms with E-state index in [1.54, 1.807) is 54.6 Å². The number of ether oxygens (including phenoxy) is 2. The lowest BCUT2D eigenvalue weighted by Gasteiger charge is -2.15. The third-order valence-electron chi connectivity index (χ3n) is 4.60. The van der Waals surface area contributed by atoms with Crippen LogP contribution in [0.5, 0.6) is 11.5 Å². The maximum absolute atomic E-state index is 10.8. The molecule has 0 spiro atoms. The molecule has 0 aromatic heterocycles. The predicted molar refractivity (Wildman–Crippen MR) is 127 cm³/mol. The van der Waals surface area contributed by atoms with Crippen molar-refractivity contribution in [2.45, 2.75) is 13.5 Å². The minimum Gasteiger partial charge on any atom is -0.490 e. The first-order valence-corrected chi connectivity index (χ1v) is 10.7. The molecule has 0 heterocycles. The third-order valence-corrected chi connectivity index (χ3v) is 5.19. The van der Waals surface area contributed by atoms with Gasteiger partial charge >= 0.3 is 0 Å². The van der Waals surface area contributed by atoms with Crippen molar-refractivity contribution >= 4 is 33.3 Å². The molecule has 3 aromatic carbocycles. The van der Waals surface area contributed by atoms with Gasteiger partial charge in [0.05, 0.1) is 39.3 Å². The van der Waals surface area contributed by atoms with Crippen LogP contribution in [0, 0.1) is 32.8 Å². The molecule has 33 heavy (non-hydrogen) atoms. The fourth-order valence-corrected chi connectivity index (χ4v) is 3.62. The van der Waals surface area contributed by atoms with Crippen LogP contribution in [0.3, 0.4) is 0 Å². The summed E-state index contributed by atoms with van der Waals surface area (Å²) in [6.45, 7) is 2.45. The molecule has 3 aromatic rings. The molecule has 0 bridgehead atoms. The zero-order valence-corrected chi connectivity index (χ0v) is 19.2. The van der Waals surface area contributed by atoms with Crippen molar-refractivity contribution in [1.29, 1.82) is 10.5 Å². The Bertz CT molecular complexity index is 1290. The number of nitro groups is 1.